The predicted molar refractivity (Wildman–Crippen MR) is 181 cm³/mol. The fraction of sp³-hybridized carbons (Fsp3) is 0.286. The zero-order chi connectivity index (χ0) is 32.3. The molecule has 2 aromatic heterocycles. The lowest BCUT2D eigenvalue weighted by Gasteiger charge is -2.39. The van der Waals surface area contributed by atoms with E-state index in [-0.39, 0.29) is 30.4 Å². The van der Waals surface area contributed by atoms with Gasteiger partial charge < -0.3 is 9.47 Å². The van der Waals surface area contributed by atoms with E-state index in [2.05, 4.69) is 4.98 Å². The Bertz CT molecular complexity index is 1790. The van der Waals surface area contributed by atoms with Crippen molar-refractivity contribution in [3.05, 3.63) is 90.9 Å². The van der Waals surface area contributed by atoms with Crippen molar-refractivity contribution in [1.82, 2.24) is 23.3 Å². The topological polar surface area (TPSA) is 99.1 Å². The Kier molecular flexibility index (Phi) is 10.9. The van der Waals surface area contributed by atoms with Gasteiger partial charge in [0.1, 0.15) is 11.6 Å². The Morgan fingerprint density at radius 3 is 2.67 bits per heavy atom. The van der Waals surface area contributed by atoms with Crippen molar-refractivity contribution in [1.29, 1.82) is 0 Å². The maximum absolute atomic E-state index is 15.7. The summed E-state index contributed by atoms with van der Waals surface area (Å²) in [7, 11) is -3.01. The lowest BCUT2D eigenvalue weighted by atomic mass is 10.2. The van der Waals surface area contributed by atoms with E-state index in [1.54, 1.807) is 41.2 Å². The summed E-state index contributed by atoms with van der Waals surface area (Å²) in [6, 6.07) is 6.95. The van der Waals surface area contributed by atoms with E-state index in [9.17, 15) is 17.4 Å². The Balaban J connectivity index is 1.44. The van der Waals surface area contributed by atoms with Gasteiger partial charge in [-0.2, -0.15) is 0 Å². The normalized spacial score (nSPS) is 18.7. The number of carbonyl (C=O) groups is 1. The average Bonchev–Trinajstić information content (AvgIpc) is 3.73. The first-order valence-electron chi connectivity index (χ1n) is 13.6. The highest BCUT2D eigenvalue weighted by Crippen LogP contribution is 2.36. The molecule has 0 spiro atoms. The summed E-state index contributed by atoms with van der Waals surface area (Å²) in [6.45, 7) is 0.606. The smallest absolute Gasteiger partial charge is 0.303 e. The second-order valence-corrected chi connectivity index (χ2v) is 16.9. The van der Waals surface area contributed by atoms with Gasteiger partial charge in [0.25, 0.3) is 10.0 Å². The quantitative estimate of drug-likeness (QED) is 0.225. The summed E-state index contributed by atoms with van der Waals surface area (Å²) >= 11 is 14.5. The van der Waals surface area contributed by atoms with Crippen LogP contribution in [0.4, 0.5) is 14.9 Å². The molecule has 2 atom stereocenters. The number of anilines is 1. The summed E-state index contributed by atoms with van der Waals surface area (Å²) in [5, 5.41) is 2.76. The van der Waals surface area contributed by atoms with Crippen LogP contribution in [0.15, 0.2) is 70.1 Å². The predicted octanol–water partition coefficient (Wildman–Crippen LogP) is 6.40. The van der Waals surface area contributed by atoms with E-state index in [0.29, 0.717) is 41.9 Å². The number of rotatable bonds is 11. The van der Waals surface area contributed by atoms with Crippen LogP contribution in [-0.2, 0) is 27.6 Å². The Morgan fingerprint density at radius 1 is 1.20 bits per heavy atom. The largest absolute Gasteiger partial charge is 0.340 e. The van der Waals surface area contributed by atoms with Crippen LogP contribution in [0.25, 0.3) is 11.8 Å². The lowest BCUT2D eigenvalue weighted by Crippen LogP contribution is -2.58. The van der Waals surface area contributed by atoms with Gasteiger partial charge >= 0.3 is 6.03 Å². The average molecular weight is 732 g/mol. The molecule has 0 N–H and O–H groups in total. The molecule has 2 amide bonds. The fourth-order valence-corrected chi connectivity index (χ4v) is 9.82. The number of hydrogen-bond acceptors (Lipinski definition) is 8. The summed E-state index contributed by atoms with van der Waals surface area (Å²) in [4.78, 5) is 21.9. The first kappa shape index (κ1) is 33.9. The molecule has 0 bridgehead atoms. The molecule has 17 heteroatoms. The van der Waals surface area contributed by atoms with Gasteiger partial charge in [-0.1, -0.05) is 35.4 Å². The molecule has 3 aromatic rings. The number of thiophene rings is 1. The van der Waals surface area contributed by atoms with Crippen molar-refractivity contribution in [2.75, 3.05) is 32.1 Å². The van der Waals surface area contributed by atoms with Gasteiger partial charge in [-0.25, -0.2) is 31.8 Å². The molecule has 0 radical (unpaired) electrons. The second kappa shape index (κ2) is 14.5. The number of benzene rings is 1. The van der Waals surface area contributed by atoms with Gasteiger partial charge in [0, 0.05) is 58.2 Å². The summed E-state index contributed by atoms with van der Waals surface area (Å²) in [5.74, 6) is 0.0235. The van der Waals surface area contributed by atoms with Crippen LogP contribution in [0.5, 0.6) is 0 Å². The zero-order valence-corrected chi connectivity index (χ0v) is 28.9. The molecule has 5 rings (SSSR count). The van der Waals surface area contributed by atoms with E-state index in [1.165, 1.54) is 52.8 Å². The number of hydrazine groups is 1. The molecule has 1 fully saturated rings. The van der Waals surface area contributed by atoms with Gasteiger partial charge in [-0.3, -0.25) is 4.90 Å². The van der Waals surface area contributed by atoms with Crippen LogP contribution in [0.2, 0.25) is 4.34 Å². The standard InChI is InChI=1S/C28H29Cl2FN6O4S4/c1-33(2)19-27-32-12-15-34(27)20-4-7-24(23(31)18-20)35-13-3-14-36(28(35)38)37(44(39)16-10-21-5-8-25(29)42-21)45(40,41)17-11-22-6-9-26(30)43-22/h4-5,7-12,15-18,22H,3,6,13-14,19H2,1-2H3/b16-10+,17-11+. The molecule has 45 heavy (non-hydrogen) atoms. The van der Waals surface area contributed by atoms with E-state index in [1.807, 2.05) is 19.0 Å². The number of thioether (sulfide) groups is 1. The molecule has 240 valence electrons. The molecule has 1 aromatic carbocycles. The third kappa shape index (κ3) is 8.08. The minimum Gasteiger partial charge on any atom is -0.303 e. The molecule has 2 aliphatic rings. The molecule has 2 aliphatic heterocycles. The van der Waals surface area contributed by atoms with Gasteiger partial charge in [0.15, 0.2) is 11.0 Å². The van der Waals surface area contributed by atoms with E-state index in [4.69, 9.17) is 23.2 Å². The number of sulfonamides is 1. The highest BCUT2D eigenvalue weighted by Gasteiger charge is 2.40. The highest BCUT2D eigenvalue weighted by molar-refractivity contribution is 8.05. The van der Waals surface area contributed by atoms with E-state index in [0.717, 1.165) is 15.3 Å². The van der Waals surface area contributed by atoms with Crippen molar-refractivity contribution in [3.63, 3.8) is 0 Å². The Labute approximate surface area is 282 Å². The molecule has 1 saturated heterocycles. The van der Waals surface area contributed by atoms with E-state index < -0.39 is 32.9 Å². The maximum Gasteiger partial charge on any atom is 0.340 e. The number of carbonyl (C=O) groups excluding carboxylic acids is 1. The van der Waals surface area contributed by atoms with Gasteiger partial charge in [-0.15, -0.1) is 23.1 Å². The minimum absolute atomic E-state index is 0.0340. The molecular formula is C28H29Cl2FN6O4S4. The number of nitrogens with zero attached hydrogens (tertiary/aromatic N) is 6. The number of hydrogen-bond donors (Lipinski definition) is 0. The van der Waals surface area contributed by atoms with Crippen LogP contribution in [0, 0.1) is 5.82 Å². The molecule has 4 heterocycles. The first-order valence-corrected chi connectivity index (χ1v) is 18.7. The van der Waals surface area contributed by atoms with Crippen molar-refractivity contribution in [2.24, 2.45) is 0 Å². The Hall–Kier alpha value is -2.50. The summed E-state index contributed by atoms with van der Waals surface area (Å²) in [5.41, 5.74) is 0.480. The highest BCUT2D eigenvalue weighted by atomic mass is 35.5. The number of imidazole rings is 1. The first-order chi connectivity index (χ1) is 21.4. The van der Waals surface area contributed by atoms with E-state index >= 15 is 4.39 Å². The fourth-order valence-electron chi connectivity index (χ4n) is 4.66. The van der Waals surface area contributed by atoms with Crippen molar-refractivity contribution >= 4 is 85.1 Å². The number of halogens is 3. The lowest BCUT2D eigenvalue weighted by molar-refractivity contribution is 0.143. The number of allylic oxidation sites excluding steroid dienone is 1. The molecule has 0 aliphatic carbocycles. The number of amides is 2. The summed E-state index contributed by atoms with van der Waals surface area (Å²) in [6.07, 6.45) is 8.86. The monoisotopic (exact) mass is 730 g/mol. The zero-order valence-electron chi connectivity index (χ0n) is 24.1. The molecular weight excluding hydrogens is 703 g/mol. The van der Waals surface area contributed by atoms with Gasteiger partial charge in [0.05, 0.1) is 20.9 Å². The third-order valence-corrected chi connectivity index (χ3v) is 12.4. The van der Waals surface area contributed by atoms with Crippen LogP contribution in [0.3, 0.4) is 0 Å². The molecule has 10 nitrogen and oxygen atoms in total. The second-order valence-electron chi connectivity index (χ2n) is 10.2. The molecule has 0 saturated carbocycles. The minimum atomic E-state index is -4.46. The summed E-state index contributed by atoms with van der Waals surface area (Å²) < 4.78 is 60.0. The number of urea groups is 1. The van der Waals surface area contributed by atoms with Gasteiger partial charge in [-0.05, 0) is 61.1 Å². The van der Waals surface area contributed by atoms with Crippen LogP contribution in [-0.4, -0.2) is 74.4 Å². The maximum atomic E-state index is 15.7. The Morgan fingerprint density at radius 2 is 2.00 bits per heavy atom. The van der Waals surface area contributed by atoms with Crippen molar-refractivity contribution in [3.8, 4) is 5.69 Å². The SMILES string of the molecule is CN(C)Cc1nccn1-c1ccc(N2CCCN(N(S(=O)/C=C/c3ccc(Cl)s3)S(=O)(=O)/C=C/C3CC=C(Cl)S3)C2=O)c(F)c1. The van der Waals surface area contributed by atoms with Crippen molar-refractivity contribution < 1.29 is 21.8 Å². The van der Waals surface area contributed by atoms with Crippen LogP contribution < -0.4 is 4.90 Å². The van der Waals surface area contributed by atoms with Crippen LogP contribution >= 0.6 is 46.3 Å². The molecule has 2 unspecified atom stereocenters. The number of aromatic nitrogens is 2. The van der Waals surface area contributed by atoms with Crippen LogP contribution in [0.1, 0.15) is 23.5 Å². The van der Waals surface area contributed by atoms with Gasteiger partial charge in [0.2, 0.25) is 0 Å². The van der Waals surface area contributed by atoms with Crippen molar-refractivity contribution in [2.45, 2.75) is 24.6 Å². The third-order valence-electron chi connectivity index (χ3n) is 6.63.